The van der Waals surface area contributed by atoms with Crippen molar-refractivity contribution >= 4 is 11.8 Å². The third-order valence-electron chi connectivity index (χ3n) is 7.01. The number of nitrogens with one attached hydrogen (secondary N) is 1. The van der Waals surface area contributed by atoms with Crippen molar-refractivity contribution in [3.8, 4) is 0 Å². The normalized spacial score (nSPS) is 24.8. The van der Waals surface area contributed by atoms with Crippen molar-refractivity contribution in [3.63, 3.8) is 0 Å². The van der Waals surface area contributed by atoms with Gasteiger partial charge in [0.15, 0.2) is 5.82 Å². The Kier molecular flexibility index (Phi) is 5.50. The van der Waals surface area contributed by atoms with E-state index in [-0.39, 0.29) is 24.8 Å². The molecule has 1 aliphatic heterocycles. The zero-order valence-electron chi connectivity index (χ0n) is 20.2. The fourth-order valence-corrected chi connectivity index (χ4v) is 4.87. The molecule has 3 heterocycles. The Morgan fingerprint density at radius 3 is 2.65 bits per heavy atom. The fourth-order valence-electron chi connectivity index (χ4n) is 4.87. The number of hydrogen-bond acceptors (Lipinski definition) is 8. The molecule has 11 nitrogen and oxygen atoms in total. The molecule has 0 bridgehead atoms. The highest BCUT2D eigenvalue weighted by molar-refractivity contribution is 5.90. The lowest BCUT2D eigenvalue weighted by Gasteiger charge is -2.35. The van der Waals surface area contributed by atoms with E-state index in [4.69, 9.17) is 4.52 Å². The monoisotopic (exact) mass is 471 g/mol. The average Bonchev–Trinajstić information content (AvgIpc) is 3.59. The Morgan fingerprint density at radius 1 is 1.32 bits per heavy atom. The summed E-state index contributed by atoms with van der Waals surface area (Å²) in [4.78, 5) is 32.9. The van der Waals surface area contributed by atoms with E-state index in [2.05, 4.69) is 25.8 Å². The van der Waals surface area contributed by atoms with Gasteiger partial charge in [0.2, 0.25) is 17.7 Å². The van der Waals surface area contributed by atoms with E-state index in [0.717, 1.165) is 31.4 Å². The molecular weight excluding hydrogens is 438 g/mol. The predicted molar refractivity (Wildman–Crippen MR) is 119 cm³/mol. The molecule has 3 aliphatic rings. The average molecular weight is 472 g/mol. The van der Waals surface area contributed by atoms with Gasteiger partial charge in [-0.1, -0.05) is 31.1 Å². The maximum absolute atomic E-state index is 13.8. The number of nitrogens with zero attached hydrogens (tertiary/aromatic N) is 6. The molecule has 2 aliphatic carbocycles. The Morgan fingerprint density at radius 2 is 2.06 bits per heavy atom. The number of aromatic nitrogens is 5. The minimum Gasteiger partial charge on any atom is -0.391 e. The fraction of sp³-hybridized carbons (Fsp3) is 0.739. The molecule has 0 unspecified atom stereocenters. The standard InChI is InChI=1S/C23H33N7O4/c1-13-24-18(34-27-13)10-23(7-8-23)25-20(32)17-9-15(31)11-29(17)21(33)19(22(2,3)4)30-12-16(26-28-30)14-5-6-14/h12,14-15,17,19,31H,5-11H2,1-4H3,(H,25,32)/t15-,17+,19-/m1/s1. The van der Waals surface area contributed by atoms with Crippen LogP contribution in [0.4, 0.5) is 0 Å². The Labute approximate surface area is 198 Å². The second-order valence-electron chi connectivity index (χ2n) is 11.2. The van der Waals surface area contributed by atoms with Crippen LogP contribution in [-0.2, 0) is 16.0 Å². The van der Waals surface area contributed by atoms with E-state index in [1.54, 1.807) is 11.6 Å². The van der Waals surface area contributed by atoms with Crippen molar-refractivity contribution in [1.29, 1.82) is 0 Å². The van der Waals surface area contributed by atoms with Crippen LogP contribution in [0.2, 0.25) is 0 Å². The number of likely N-dealkylation sites (tertiary alicyclic amines) is 1. The first kappa shape index (κ1) is 22.9. The van der Waals surface area contributed by atoms with Crippen molar-refractivity contribution < 1.29 is 19.2 Å². The first-order valence-electron chi connectivity index (χ1n) is 12.1. The molecule has 3 fully saturated rings. The largest absolute Gasteiger partial charge is 0.391 e. The van der Waals surface area contributed by atoms with E-state index in [1.165, 1.54) is 4.90 Å². The summed E-state index contributed by atoms with van der Waals surface area (Å²) in [5.74, 6) is 0.977. The second kappa shape index (κ2) is 8.14. The number of aryl methyl sites for hydroxylation is 1. The van der Waals surface area contributed by atoms with E-state index in [9.17, 15) is 14.7 Å². The lowest BCUT2D eigenvalue weighted by Crippen LogP contribution is -2.53. The molecule has 2 aromatic rings. The highest BCUT2D eigenvalue weighted by Crippen LogP contribution is 2.41. The number of amides is 2. The predicted octanol–water partition coefficient (Wildman–Crippen LogP) is 1.29. The van der Waals surface area contributed by atoms with Gasteiger partial charge in [-0.2, -0.15) is 4.98 Å². The van der Waals surface area contributed by atoms with Gasteiger partial charge in [-0.25, -0.2) is 4.68 Å². The van der Waals surface area contributed by atoms with Crippen molar-refractivity contribution in [2.45, 2.75) is 95.9 Å². The SMILES string of the molecule is Cc1noc(CC2(NC(=O)[C@@H]3C[C@@H](O)CN3C(=O)[C@@H](n3cc(C4CC4)nn3)C(C)(C)C)CC2)n1. The zero-order valence-corrected chi connectivity index (χ0v) is 20.2. The molecule has 11 heteroatoms. The van der Waals surface area contributed by atoms with E-state index < -0.39 is 29.1 Å². The van der Waals surface area contributed by atoms with Crippen molar-refractivity contribution in [2.75, 3.05) is 6.54 Å². The summed E-state index contributed by atoms with van der Waals surface area (Å²) < 4.78 is 6.87. The lowest BCUT2D eigenvalue weighted by molar-refractivity contribution is -0.144. The lowest BCUT2D eigenvalue weighted by atomic mass is 9.85. The molecule has 2 N–H and O–H groups in total. The third-order valence-corrected chi connectivity index (χ3v) is 7.01. The molecule has 5 rings (SSSR count). The summed E-state index contributed by atoms with van der Waals surface area (Å²) in [6.07, 6.45) is 5.56. The maximum atomic E-state index is 13.8. The number of carbonyl (C=O) groups is 2. The second-order valence-corrected chi connectivity index (χ2v) is 11.2. The molecule has 2 saturated carbocycles. The molecule has 184 valence electrons. The van der Waals surface area contributed by atoms with Gasteiger partial charge in [-0.15, -0.1) is 5.10 Å². The van der Waals surface area contributed by atoms with Gasteiger partial charge >= 0.3 is 0 Å². The number of aliphatic hydroxyl groups is 1. The summed E-state index contributed by atoms with van der Waals surface area (Å²) in [6, 6.07) is -1.38. The van der Waals surface area contributed by atoms with Crippen molar-refractivity contribution in [1.82, 2.24) is 35.4 Å². The van der Waals surface area contributed by atoms with Gasteiger partial charge in [-0.3, -0.25) is 9.59 Å². The summed E-state index contributed by atoms with van der Waals surface area (Å²) in [6.45, 7) is 7.79. The Balaban J connectivity index is 1.33. The van der Waals surface area contributed by atoms with Crippen LogP contribution in [0.1, 0.15) is 82.2 Å². The minimum absolute atomic E-state index is 0.115. The number of hydrogen-bond donors (Lipinski definition) is 2. The third kappa shape index (κ3) is 4.57. The van der Waals surface area contributed by atoms with Crippen LogP contribution in [0.25, 0.3) is 0 Å². The van der Waals surface area contributed by atoms with Gasteiger partial charge in [0, 0.05) is 30.6 Å². The minimum atomic E-state index is -0.758. The van der Waals surface area contributed by atoms with Crippen LogP contribution < -0.4 is 5.32 Å². The van der Waals surface area contributed by atoms with Crippen LogP contribution >= 0.6 is 0 Å². The smallest absolute Gasteiger partial charge is 0.248 e. The summed E-state index contributed by atoms with van der Waals surface area (Å²) in [7, 11) is 0. The zero-order chi connectivity index (χ0) is 24.3. The first-order valence-corrected chi connectivity index (χ1v) is 12.1. The summed E-state index contributed by atoms with van der Waals surface area (Å²) >= 11 is 0. The quantitative estimate of drug-likeness (QED) is 0.616. The van der Waals surface area contributed by atoms with Gasteiger partial charge in [0.25, 0.3) is 0 Å². The summed E-state index contributed by atoms with van der Waals surface area (Å²) in [5.41, 5.74) is 0.00490. The van der Waals surface area contributed by atoms with E-state index in [0.29, 0.717) is 24.1 Å². The molecule has 3 atom stereocenters. The topological polar surface area (TPSA) is 139 Å². The van der Waals surface area contributed by atoms with Crippen LogP contribution in [0.15, 0.2) is 10.7 Å². The molecule has 0 aromatic carbocycles. The molecule has 34 heavy (non-hydrogen) atoms. The molecule has 2 aromatic heterocycles. The summed E-state index contributed by atoms with van der Waals surface area (Å²) in [5, 5.41) is 25.9. The number of β-amino-alcohol motifs (C(OH)–C–C–N with tert-alkyl or cyclic N) is 1. The number of carbonyl (C=O) groups excluding carboxylic acids is 2. The van der Waals surface area contributed by atoms with Gasteiger partial charge in [0.1, 0.15) is 12.1 Å². The van der Waals surface area contributed by atoms with Gasteiger partial charge in [0.05, 0.1) is 18.2 Å². The Hall–Kier alpha value is -2.82. The molecule has 1 saturated heterocycles. The number of aliphatic hydroxyl groups excluding tert-OH is 1. The van der Waals surface area contributed by atoms with Crippen LogP contribution in [-0.4, -0.2) is 71.2 Å². The maximum Gasteiger partial charge on any atom is 0.248 e. The van der Waals surface area contributed by atoms with Crippen LogP contribution in [0.5, 0.6) is 0 Å². The first-order chi connectivity index (χ1) is 16.0. The van der Waals surface area contributed by atoms with Crippen molar-refractivity contribution in [2.24, 2.45) is 5.41 Å². The molecular formula is C23H33N7O4. The number of rotatable bonds is 7. The van der Waals surface area contributed by atoms with Gasteiger partial charge in [-0.05, 0) is 38.0 Å². The highest BCUT2D eigenvalue weighted by atomic mass is 16.5. The van der Waals surface area contributed by atoms with Gasteiger partial charge < -0.3 is 19.8 Å². The Bertz CT molecular complexity index is 1080. The van der Waals surface area contributed by atoms with E-state index >= 15 is 0 Å². The van der Waals surface area contributed by atoms with Crippen LogP contribution in [0, 0.1) is 12.3 Å². The highest BCUT2D eigenvalue weighted by Gasteiger charge is 2.50. The van der Waals surface area contributed by atoms with Crippen molar-refractivity contribution in [3.05, 3.63) is 23.6 Å². The molecule has 0 radical (unpaired) electrons. The van der Waals surface area contributed by atoms with Crippen LogP contribution in [0.3, 0.4) is 0 Å². The molecule has 0 spiro atoms. The molecule has 2 amide bonds. The van der Waals surface area contributed by atoms with E-state index in [1.807, 2.05) is 27.0 Å².